The average molecular weight is 264 g/mol. The van der Waals surface area contributed by atoms with E-state index in [0.717, 1.165) is 0 Å². The normalized spacial score (nSPS) is 13.1. The summed E-state index contributed by atoms with van der Waals surface area (Å²) in [6.07, 6.45) is 0.439. The zero-order chi connectivity index (χ0) is 13.8. The van der Waals surface area contributed by atoms with Crippen molar-refractivity contribution in [2.24, 2.45) is 0 Å². The van der Waals surface area contributed by atoms with E-state index in [1.807, 2.05) is 30.3 Å². The lowest BCUT2D eigenvalue weighted by atomic mass is 10.2. The summed E-state index contributed by atoms with van der Waals surface area (Å²) in [4.78, 5) is 22.3. The van der Waals surface area contributed by atoms with Crippen LogP contribution in [0.3, 0.4) is 0 Å². The summed E-state index contributed by atoms with van der Waals surface area (Å²) in [5.41, 5.74) is -0.0464. The van der Waals surface area contributed by atoms with E-state index < -0.39 is 14.0 Å². The molecule has 0 aliphatic heterocycles. The standard InChI is InChI=1S/C14H20O3Si/c1-11(15)9-13(10-14(16)17)18(2,3)12-7-5-4-6-8-12/h4-8,13H,9-10H2,1-3H3,(H,16,17)/t13-/m0/s1. The predicted molar refractivity (Wildman–Crippen MR) is 74.9 cm³/mol. The minimum absolute atomic E-state index is 0.0464. The molecule has 0 aliphatic rings. The van der Waals surface area contributed by atoms with Crippen LogP contribution in [0, 0.1) is 0 Å². The maximum absolute atomic E-state index is 11.3. The van der Waals surface area contributed by atoms with Crippen molar-refractivity contribution in [3.8, 4) is 0 Å². The van der Waals surface area contributed by atoms with Crippen LogP contribution in [0.1, 0.15) is 19.8 Å². The second kappa shape index (κ2) is 5.95. The molecule has 0 aromatic heterocycles. The van der Waals surface area contributed by atoms with Crippen molar-refractivity contribution in [1.82, 2.24) is 0 Å². The lowest BCUT2D eigenvalue weighted by Gasteiger charge is -2.31. The minimum Gasteiger partial charge on any atom is -0.481 e. The fourth-order valence-electron chi connectivity index (χ4n) is 2.24. The highest BCUT2D eigenvalue weighted by Gasteiger charge is 2.35. The molecule has 0 radical (unpaired) electrons. The van der Waals surface area contributed by atoms with Gasteiger partial charge in [0, 0.05) is 12.8 Å². The fourth-order valence-corrected chi connectivity index (χ4v) is 5.25. The fraction of sp³-hybridized carbons (Fsp3) is 0.429. The molecule has 0 heterocycles. The second-order valence-corrected chi connectivity index (χ2v) is 10.1. The zero-order valence-electron chi connectivity index (χ0n) is 11.1. The Hall–Kier alpha value is -1.42. The van der Waals surface area contributed by atoms with E-state index in [9.17, 15) is 9.59 Å². The number of rotatable bonds is 6. The molecule has 1 aromatic carbocycles. The first kappa shape index (κ1) is 14.6. The van der Waals surface area contributed by atoms with Crippen LogP contribution in [0.2, 0.25) is 18.6 Å². The Morgan fingerprint density at radius 1 is 1.17 bits per heavy atom. The van der Waals surface area contributed by atoms with Gasteiger partial charge >= 0.3 is 5.97 Å². The van der Waals surface area contributed by atoms with Crippen LogP contribution in [0.4, 0.5) is 0 Å². The van der Waals surface area contributed by atoms with Crippen LogP contribution in [0.25, 0.3) is 0 Å². The molecule has 0 fully saturated rings. The van der Waals surface area contributed by atoms with Crippen molar-refractivity contribution in [1.29, 1.82) is 0 Å². The number of carbonyl (C=O) groups excluding carboxylic acids is 1. The van der Waals surface area contributed by atoms with E-state index in [2.05, 4.69) is 13.1 Å². The van der Waals surface area contributed by atoms with Gasteiger partial charge in [-0.25, -0.2) is 0 Å². The van der Waals surface area contributed by atoms with Crippen molar-refractivity contribution >= 4 is 25.0 Å². The van der Waals surface area contributed by atoms with Crippen LogP contribution < -0.4 is 5.19 Å². The Kier molecular flexibility index (Phi) is 4.84. The lowest BCUT2D eigenvalue weighted by molar-refractivity contribution is -0.137. The molecular weight excluding hydrogens is 244 g/mol. The number of aliphatic carboxylic acids is 1. The Labute approximate surface area is 109 Å². The molecule has 18 heavy (non-hydrogen) atoms. The number of benzene rings is 1. The van der Waals surface area contributed by atoms with E-state index >= 15 is 0 Å². The molecule has 4 heteroatoms. The number of carboxylic acid groups (broad SMARTS) is 1. The number of carboxylic acids is 1. The molecule has 0 saturated carbocycles. The molecule has 0 spiro atoms. The van der Waals surface area contributed by atoms with Crippen LogP contribution in [0.15, 0.2) is 30.3 Å². The first-order valence-corrected chi connectivity index (χ1v) is 9.18. The summed E-state index contributed by atoms with van der Waals surface area (Å²) in [6.45, 7) is 5.81. The number of carbonyl (C=O) groups is 2. The molecule has 0 amide bonds. The monoisotopic (exact) mass is 264 g/mol. The summed E-state index contributed by atoms with van der Waals surface area (Å²) >= 11 is 0. The lowest BCUT2D eigenvalue weighted by Crippen LogP contribution is -2.47. The van der Waals surface area contributed by atoms with Gasteiger partial charge in [0.15, 0.2) is 0 Å². The molecule has 1 aromatic rings. The SMILES string of the molecule is CC(=O)C[C@@H](CC(=O)O)[Si](C)(C)c1ccccc1. The van der Waals surface area contributed by atoms with Gasteiger partial charge in [-0.1, -0.05) is 48.6 Å². The minimum atomic E-state index is -1.94. The third-order valence-corrected chi connectivity index (χ3v) is 7.76. The van der Waals surface area contributed by atoms with Gasteiger partial charge in [-0.2, -0.15) is 0 Å². The number of Topliss-reactive ketones (excluding diaryl/α,β-unsaturated/α-hetero) is 1. The highest BCUT2D eigenvalue weighted by atomic mass is 28.3. The average Bonchev–Trinajstić information content (AvgIpc) is 2.28. The maximum Gasteiger partial charge on any atom is 0.303 e. The predicted octanol–water partition coefficient (Wildman–Crippen LogP) is 2.43. The van der Waals surface area contributed by atoms with Crippen LogP contribution >= 0.6 is 0 Å². The molecule has 3 nitrogen and oxygen atoms in total. The summed E-state index contributed by atoms with van der Waals surface area (Å²) in [5, 5.41) is 10.2. The van der Waals surface area contributed by atoms with Crippen molar-refractivity contribution in [3.05, 3.63) is 30.3 Å². The van der Waals surface area contributed by atoms with Crippen molar-refractivity contribution in [2.75, 3.05) is 0 Å². The molecule has 98 valence electrons. The van der Waals surface area contributed by atoms with E-state index in [-0.39, 0.29) is 17.7 Å². The first-order chi connectivity index (χ1) is 8.34. The Morgan fingerprint density at radius 2 is 1.72 bits per heavy atom. The highest BCUT2D eigenvalue weighted by molar-refractivity contribution is 6.91. The molecular formula is C14H20O3Si. The largest absolute Gasteiger partial charge is 0.481 e. The topological polar surface area (TPSA) is 54.4 Å². The van der Waals surface area contributed by atoms with E-state index in [0.29, 0.717) is 6.42 Å². The number of ketones is 1. The molecule has 0 unspecified atom stereocenters. The Morgan fingerprint density at radius 3 is 2.17 bits per heavy atom. The third kappa shape index (κ3) is 3.80. The molecule has 1 N–H and O–H groups in total. The van der Waals surface area contributed by atoms with Gasteiger partial charge in [-0.15, -0.1) is 0 Å². The van der Waals surface area contributed by atoms with E-state index in [1.54, 1.807) is 0 Å². The highest BCUT2D eigenvalue weighted by Crippen LogP contribution is 2.29. The number of hydrogen-bond donors (Lipinski definition) is 1. The van der Waals surface area contributed by atoms with Crippen molar-refractivity contribution in [2.45, 2.75) is 38.4 Å². The van der Waals surface area contributed by atoms with Gasteiger partial charge < -0.3 is 9.90 Å². The molecule has 0 bridgehead atoms. The summed E-state index contributed by atoms with van der Waals surface area (Å²) in [7, 11) is -1.94. The summed E-state index contributed by atoms with van der Waals surface area (Å²) in [5.74, 6) is -0.754. The van der Waals surface area contributed by atoms with Gasteiger partial charge in [-0.05, 0) is 12.5 Å². The Bertz CT molecular complexity index is 410. The molecule has 0 aliphatic carbocycles. The summed E-state index contributed by atoms with van der Waals surface area (Å²) in [6, 6.07) is 9.97. The number of hydrogen-bond acceptors (Lipinski definition) is 2. The van der Waals surface area contributed by atoms with Crippen LogP contribution in [-0.4, -0.2) is 24.9 Å². The molecule has 0 saturated heterocycles. The van der Waals surface area contributed by atoms with Crippen LogP contribution in [-0.2, 0) is 9.59 Å². The van der Waals surface area contributed by atoms with Gasteiger partial charge in [0.1, 0.15) is 5.78 Å². The van der Waals surface area contributed by atoms with Gasteiger partial charge in [-0.3, -0.25) is 4.79 Å². The maximum atomic E-state index is 11.3. The van der Waals surface area contributed by atoms with Crippen molar-refractivity contribution < 1.29 is 14.7 Å². The third-order valence-electron chi connectivity index (χ3n) is 3.49. The summed E-state index contributed by atoms with van der Waals surface area (Å²) < 4.78 is 0. The first-order valence-electron chi connectivity index (χ1n) is 6.10. The van der Waals surface area contributed by atoms with Gasteiger partial charge in [0.25, 0.3) is 0 Å². The molecule has 1 atom stereocenters. The van der Waals surface area contributed by atoms with Gasteiger partial charge in [0.05, 0.1) is 8.07 Å². The quantitative estimate of drug-likeness (QED) is 0.803. The van der Waals surface area contributed by atoms with E-state index in [4.69, 9.17) is 5.11 Å². The molecule has 1 rings (SSSR count). The van der Waals surface area contributed by atoms with E-state index in [1.165, 1.54) is 12.1 Å². The second-order valence-electron chi connectivity index (χ2n) is 5.29. The smallest absolute Gasteiger partial charge is 0.303 e. The van der Waals surface area contributed by atoms with Crippen LogP contribution in [0.5, 0.6) is 0 Å². The zero-order valence-corrected chi connectivity index (χ0v) is 12.1. The Balaban J connectivity index is 3.02. The van der Waals surface area contributed by atoms with Crippen molar-refractivity contribution in [3.63, 3.8) is 0 Å². The van der Waals surface area contributed by atoms with Gasteiger partial charge in [0.2, 0.25) is 0 Å².